The molecular formula is C35H63NO3. The van der Waals surface area contributed by atoms with E-state index in [0.29, 0.717) is 18.1 Å². The van der Waals surface area contributed by atoms with Gasteiger partial charge in [0.15, 0.2) is 0 Å². The number of benzene rings is 1. The molecule has 0 amide bonds. The van der Waals surface area contributed by atoms with E-state index in [4.69, 9.17) is 9.47 Å². The molecule has 0 aromatic heterocycles. The van der Waals surface area contributed by atoms with E-state index in [9.17, 15) is 4.79 Å². The molecule has 0 saturated heterocycles. The van der Waals surface area contributed by atoms with Gasteiger partial charge in [-0.1, -0.05) is 117 Å². The molecule has 39 heavy (non-hydrogen) atoms. The molecular weight excluding hydrogens is 482 g/mol. The molecule has 0 aliphatic heterocycles. The average molecular weight is 546 g/mol. The molecule has 0 aliphatic rings. The van der Waals surface area contributed by atoms with Gasteiger partial charge in [-0.2, -0.15) is 0 Å². The molecule has 0 radical (unpaired) electrons. The molecule has 4 heteroatoms. The first kappa shape index (κ1) is 35.5. The first-order valence-corrected chi connectivity index (χ1v) is 16.6. The molecule has 0 heterocycles. The fourth-order valence-corrected chi connectivity index (χ4v) is 5.10. The SMILES string of the molecule is CCCCCCCCCCCCCCCc1cc(OCC(CC)CCCC)cc(OC(=O)CCCN(C)C)c1. The third-order valence-corrected chi connectivity index (χ3v) is 7.76. The van der Waals surface area contributed by atoms with Gasteiger partial charge < -0.3 is 14.4 Å². The second kappa shape index (κ2) is 24.3. The van der Waals surface area contributed by atoms with E-state index in [0.717, 1.165) is 38.2 Å². The second-order valence-corrected chi connectivity index (χ2v) is 11.9. The number of unbranched alkanes of at least 4 members (excludes halogenated alkanes) is 13. The number of rotatable bonds is 26. The lowest BCUT2D eigenvalue weighted by Crippen LogP contribution is -2.16. The maximum absolute atomic E-state index is 12.5. The Hall–Kier alpha value is -1.55. The van der Waals surface area contributed by atoms with E-state index < -0.39 is 0 Å². The Labute approximate surface area is 242 Å². The molecule has 226 valence electrons. The van der Waals surface area contributed by atoms with Crippen LogP contribution in [0.1, 0.15) is 148 Å². The molecule has 0 fully saturated rings. The van der Waals surface area contributed by atoms with Crippen LogP contribution >= 0.6 is 0 Å². The zero-order valence-electron chi connectivity index (χ0n) is 26.5. The lowest BCUT2D eigenvalue weighted by atomic mass is 10.0. The molecule has 0 bridgehead atoms. The van der Waals surface area contributed by atoms with Crippen LogP contribution < -0.4 is 9.47 Å². The third-order valence-electron chi connectivity index (χ3n) is 7.76. The monoisotopic (exact) mass is 545 g/mol. The maximum atomic E-state index is 12.5. The highest BCUT2D eigenvalue weighted by Crippen LogP contribution is 2.26. The number of aryl methyl sites for hydroxylation is 1. The van der Waals surface area contributed by atoms with Gasteiger partial charge in [0.05, 0.1) is 6.61 Å². The lowest BCUT2D eigenvalue weighted by molar-refractivity contribution is -0.134. The Morgan fingerprint density at radius 1 is 0.718 bits per heavy atom. The van der Waals surface area contributed by atoms with Crippen molar-refractivity contribution in [2.75, 3.05) is 27.2 Å². The van der Waals surface area contributed by atoms with Gasteiger partial charge in [-0.3, -0.25) is 4.79 Å². The van der Waals surface area contributed by atoms with E-state index >= 15 is 0 Å². The van der Waals surface area contributed by atoms with E-state index in [1.54, 1.807) is 0 Å². The summed E-state index contributed by atoms with van der Waals surface area (Å²) in [6.07, 6.45) is 24.8. The third kappa shape index (κ3) is 20.0. The van der Waals surface area contributed by atoms with Crippen LogP contribution in [0, 0.1) is 5.92 Å². The summed E-state index contributed by atoms with van der Waals surface area (Å²) in [6.45, 7) is 8.39. The molecule has 1 unspecified atom stereocenters. The smallest absolute Gasteiger partial charge is 0.311 e. The highest BCUT2D eigenvalue weighted by molar-refractivity contribution is 5.72. The van der Waals surface area contributed by atoms with Gasteiger partial charge in [0, 0.05) is 12.5 Å². The van der Waals surface area contributed by atoms with Crippen molar-refractivity contribution in [2.24, 2.45) is 5.92 Å². The number of ether oxygens (including phenoxy) is 2. The van der Waals surface area contributed by atoms with Gasteiger partial charge in [0.25, 0.3) is 0 Å². The largest absolute Gasteiger partial charge is 0.493 e. The van der Waals surface area contributed by atoms with Crippen molar-refractivity contribution in [3.8, 4) is 11.5 Å². The van der Waals surface area contributed by atoms with Crippen molar-refractivity contribution < 1.29 is 14.3 Å². The molecule has 0 N–H and O–H groups in total. The van der Waals surface area contributed by atoms with E-state index in [-0.39, 0.29) is 5.97 Å². The summed E-state index contributed by atoms with van der Waals surface area (Å²) in [5.41, 5.74) is 1.22. The van der Waals surface area contributed by atoms with Gasteiger partial charge in [0.2, 0.25) is 0 Å². The van der Waals surface area contributed by atoms with Crippen LogP contribution in [0.5, 0.6) is 11.5 Å². The molecule has 0 saturated carbocycles. The number of hydrogen-bond acceptors (Lipinski definition) is 4. The molecule has 0 aliphatic carbocycles. The van der Waals surface area contributed by atoms with Crippen LogP contribution in [-0.4, -0.2) is 38.1 Å². The Kier molecular flexibility index (Phi) is 22.1. The van der Waals surface area contributed by atoms with Crippen LogP contribution in [-0.2, 0) is 11.2 Å². The minimum atomic E-state index is -0.157. The molecule has 1 rings (SSSR count). The predicted molar refractivity (Wildman–Crippen MR) is 168 cm³/mol. The highest BCUT2D eigenvalue weighted by Gasteiger charge is 2.11. The average Bonchev–Trinajstić information content (AvgIpc) is 2.91. The molecule has 0 spiro atoms. The molecule has 1 aromatic carbocycles. The van der Waals surface area contributed by atoms with Crippen LogP contribution in [0.4, 0.5) is 0 Å². The minimum absolute atomic E-state index is 0.157. The Bertz CT molecular complexity index is 718. The predicted octanol–water partition coefficient (Wildman–Crippen LogP) is 10.2. The first-order chi connectivity index (χ1) is 19.0. The Balaban J connectivity index is 2.48. The zero-order chi connectivity index (χ0) is 28.6. The van der Waals surface area contributed by atoms with Crippen molar-refractivity contribution in [3.05, 3.63) is 23.8 Å². The summed E-state index contributed by atoms with van der Waals surface area (Å²) in [7, 11) is 4.05. The highest BCUT2D eigenvalue weighted by atomic mass is 16.5. The summed E-state index contributed by atoms with van der Waals surface area (Å²) in [6, 6.07) is 6.12. The van der Waals surface area contributed by atoms with Crippen LogP contribution in [0.25, 0.3) is 0 Å². The number of carbonyl (C=O) groups is 1. The van der Waals surface area contributed by atoms with Crippen molar-refractivity contribution in [1.29, 1.82) is 0 Å². The molecule has 4 nitrogen and oxygen atoms in total. The summed E-state index contributed by atoms with van der Waals surface area (Å²) in [4.78, 5) is 14.5. The fourth-order valence-electron chi connectivity index (χ4n) is 5.10. The standard InChI is InChI=1S/C35H63NO3/c1-6-9-11-12-13-14-15-16-17-18-19-20-21-24-32-27-33(38-30-31(8-3)23-10-7-2)29-34(28-32)39-35(37)25-22-26-36(4)5/h27-29,31H,6-26,30H2,1-5H3. The van der Waals surface area contributed by atoms with Gasteiger partial charge in [0.1, 0.15) is 11.5 Å². The van der Waals surface area contributed by atoms with Gasteiger partial charge >= 0.3 is 5.97 Å². The van der Waals surface area contributed by atoms with Crippen LogP contribution in [0.2, 0.25) is 0 Å². The quantitative estimate of drug-likeness (QED) is 0.0659. The van der Waals surface area contributed by atoms with Crippen molar-refractivity contribution in [1.82, 2.24) is 4.90 Å². The van der Waals surface area contributed by atoms with Gasteiger partial charge in [-0.15, -0.1) is 0 Å². The van der Waals surface area contributed by atoms with Crippen LogP contribution in [0.15, 0.2) is 18.2 Å². The van der Waals surface area contributed by atoms with Crippen molar-refractivity contribution in [2.45, 2.75) is 149 Å². The number of esters is 1. The maximum Gasteiger partial charge on any atom is 0.311 e. The minimum Gasteiger partial charge on any atom is -0.493 e. The molecule has 1 atom stereocenters. The fraction of sp³-hybridized carbons (Fsp3) is 0.800. The Morgan fingerprint density at radius 2 is 1.28 bits per heavy atom. The summed E-state index contributed by atoms with van der Waals surface area (Å²) >= 11 is 0. The normalized spacial score (nSPS) is 12.2. The lowest BCUT2D eigenvalue weighted by Gasteiger charge is -2.17. The summed E-state index contributed by atoms with van der Waals surface area (Å²) < 4.78 is 12.0. The number of nitrogens with zero attached hydrogens (tertiary/aromatic N) is 1. The van der Waals surface area contributed by atoms with E-state index in [1.807, 2.05) is 26.2 Å². The molecule has 1 aromatic rings. The topological polar surface area (TPSA) is 38.8 Å². The number of carbonyl (C=O) groups excluding carboxylic acids is 1. The van der Waals surface area contributed by atoms with Crippen molar-refractivity contribution in [3.63, 3.8) is 0 Å². The van der Waals surface area contributed by atoms with Crippen LogP contribution in [0.3, 0.4) is 0 Å². The van der Waals surface area contributed by atoms with Gasteiger partial charge in [-0.05, 0) is 69.9 Å². The van der Waals surface area contributed by atoms with E-state index in [2.05, 4.69) is 31.7 Å². The summed E-state index contributed by atoms with van der Waals surface area (Å²) in [5.74, 6) is 1.89. The second-order valence-electron chi connectivity index (χ2n) is 11.9. The Morgan fingerprint density at radius 3 is 1.85 bits per heavy atom. The van der Waals surface area contributed by atoms with E-state index in [1.165, 1.54) is 108 Å². The van der Waals surface area contributed by atoms with Crippen molar-refractivity contribution >= 4 is 5.97 Å². The number of hydrogen-bond donors (Lipinski definition) is 0. The summed E-state index contributed by atoms with van der Waals surface area (Å²) in [5, 5.41) is 0. The first-order valence-electron chi connectivity index (χ1n) is 16.6. The van der Waals surface area contributed by atoms with Gasteiger partial charge in [-0.25, -0.2) is 0 Å². The zero-order valence-corrected chi connectivity index (χ0v) is 26.5.